The molecule has 1 aromatic carbocycles. The largest absolute Gasteiger partial charge is 0.277 e. The minimum atomic E-state index is -0.387. The first-order valence-electron chi connectivity index (χ1n) is 5.00. The Kier molecular flexibility index (Phi) is 4.84. The quantitative estimate of drug-likeness (QED) is 0.466. The lowest BCUT2D eigenvalue weighted by atomic mass is 10.0. The number of hydrogen-bond acceptors (Lipinski definition) is 2. The molecule has 0 N–H and O–H groups in total. The lowest BCUT2D eigenvalue weighted by Gasteiger charge is -2.04. The standard InChI is InChI=1S/C13H12BrNO2/c1-3-5-10(6-4-2)12-9-11(14)7-8-13(12)15(16)17/h3-9H,1H2,2H3/b6-4-,10-5+. The molecule has 1 aromatic rings. The van der Waals surface area contributed by atoms with Gasteiger partial charge in [-0.1, -0.05) is 46.8 Å². The van der Waals surface area contributed by atoms with Crippen LogP contribution >= 0.6 is 15.9 Å². The molecule has 0 saturated carbocycles. The van der Waals surface area contributed by atoms with Gasteiger partial charge in [0.15, 0.2) is 0 Å². The van der Waals surface area contributed by atoms with E-state index in [9.17, 15) is 10.1 Å². The van der Waals surface area contributed by atoms with Crippen LogP contribution in [0.4, 0.5) is 5.69 Å². The number of nitro benzene ring substituents is 1. The van der Waals surface area contributed by atoms with Crippen molar-refractivity contribution in [1.29, 1.82) is 0 Å². The van der Waals surface area contributed by atoms with Crippen molar-refractivity contribution in [3.8, 4) is 0 Å². The van der Waals surface area contributed by atoms with Crippen LogP contribution in [0.3, 0.4) is 0 Å². The minimum Gasteiger partial charge on any atom is -0.258 e. The molecule has 3 nitrogen and oxygen atoms in total. The Morgan fingerprint density at radius 2 is 2.24 bits per heavy atom. The monoisotopic (exact) mass is 293 g/mol. The van der Waals surface area contributed by atoms with E-state index >= 15 is 0 Å². The molecule has 0 bridgehead atoms. The highest BCUT2D eigenvalue weighted by Gasteiger charge is 2.15. The maximum absolute atomic E-state index is 11.0. The number of allylic oxidation sites excluding steroid dienone is 5. The molecule has 4 heteroatoms. The molecule has 0 fully saturated rings. The molecular weight excluding hydrogens is 282 g/mol. The van der Waals surface area contributed by atoms with Gasteiger partial charge < -0.3 is 0 Å². The predicted octanol–water partition coefficient (Wildman–Crippen LogP) is 4.50. The summed E-state index contributed by atoms with van der Waals surface area (Å²) in [5.74, 6) is 0. The average molecular weight is 294 g/mol. The van der Waals surface area contributed by atoms with Crippen molar-refractivity contribution in [2.75, 3.05) is 0 Å². The van der Waals surface area contributed by atoms with Crippen molar-refractivity contribution < 1.29 is 4.92 Å². The molecule has 0 atom stereocenters. The summed E-state index contributed by atoms with van der Waals surface area (Å²) in [5, 5.41) is 11.0. The van der Waals surface area contributed by atoms with E-state index in [0.29, 0.717) is 5.56 Å². The normalized spacial score (nSPS) is 11.8. The highest BCUT2D eigenvalue weighted by molar-refractivity contribution is 9.10. The first-order valence-corrected chi connectivity index (χ1v) is 5.79. The molecule has 0 saturated heterocycles. The minimum absolute atomic E-state index is 0.0828. The summed E-state index contributed by atoms with van der Waals surface area (Å²) in [4.78, 5) is 10.6. The van der Waals surface area contributed by atoms with E-state index in [1.165, 1.54) is 6.07 Å². The van der Waals surface area contributed by atoms with Crippen LogP contribution in [-0.4, -0.2) is 4.92 Å². The van der Waals surface area contributed by atoms with E-state index < -0.39 is 0 Å². The second-order valence-corrected chi connectivity index (χ2v) is 4.19. The van der Waals surface area contributed by atoms with Crippen molar-refractivity contribution in [3.63, 3.8) is 0 Å². The van der Waals surface area contributed by atoms with Crippen molar-refractivity contribution in [1.82, 2.24) is 0 Å². The van der Waals surface area contributed by atoms with E-state index in [4.69, 9.17) is 0 Å². The van der Waals surface area contributed by atoms with Crippen molar-refractivity contribution in [3.05, 3.63) is 69.2 Å². The topological polar surface area (TPSA) is 43.1 Å². The average Bonchev–Trinajstić information content (AvgIpc) is 2.28. The molecule has 0 aliphatic carbocycles. The zero-order valence-electron chi connectivity index (χ0n) is 9.39. The third-order valence-corrected chi connectivity index (χ3v) is 2.60. The molecule has 0 aromatic heterocycles. The van der Waals surface area contributed by atoms with Crippen molar-refractivity contribution >= 4 is 27.2 Å². The Labute approximate surface area is 108 Å². The number of hydrogen-bond donors (Lipinski definition) is 0. The smallest absolute Gasteiger partial charge is 0.258 e. The molecule has 1 rings (SSSR count). The highest BCUT2D eigenvalue weighted by Crippen LogP contribution is 2.30. The fourth-order valence-electron chi connectivity index (χ4n) is 1.44. The molecule has 17 heavy (non-hydrogen) atoms. The van der Waals surface area contributed by atoms with Crippen LogP contribution in [0.2, 0.25) is 0 Å². The Balaban J connectivity index is 3.45. The lowest BCUT2D eigenvalue weighted by molar-refractivity contribution is -0.385. The molecule has 0 aliphatic rings. The fraction of sp³-hybridized carbons (Fsp3) is 0.0769. The Morgan fingerprint density at radius 3 is 2.76 bits per heavy atom. The van der Waals surface area contributed by atoms with Crippen molar-refractivity contribution in [2.45, 2.75) is 6.92 Å². The molecule has 88 valence electrons. The molecule has 0 heterocycles. The SMILES string of the molecule is C=C/C=C(\C=C/C)c1cc(Br)ccc1[N+](=O)[O-]. The van der Waals surface area contributed by atoms with Gasteiger partial charge in [-0.15, -0.1) is 0 Å². The van der Waals surface area contributed by atoms with Gasteiger partial charge in [-0.3, -0.25) is 10.1 Å². The Morgan fingerprint density at radius 1 is 1.53 bits per heavy atom. The van der Waals surface area contributed by atoms with E-state index in [0.717, 1.165) is 10.0 Å². The van der Waals surface area contributed by atoms with Crippen LogP contribution in [0.1, 0.15) is 12.5 Å². The molecular formula is C13H12BrNO2. The highest BCUT2D eigenvalue weighted by atomic mass is 79.9. The van der Waals surface area contributed by atoms with Gasteiger partial charge in [0.2, 0.25) is 0 Å². The van der Waals surface area contributed by atoms with Crippen LogP contribution in [0, 0.1) is 10.1 Å². The number of halogens is 1. The van der Waals surface area contributed by atoms with Gasteiger partial charge >= 0.3 is 0 Å². The van der Waals surface area contributed by atoms with Crippen LogP contribution in [-0.2, 0) is 0 Å². The maximum atomic E-state index is 11.0. The van der Waals surface area contributed by atoms with Crippen LogP contribution < -0.4 is 0 Å². The summed E-state index contributed by atoms with van der Waals surface area (Å²) < 4.78 is 0.803. The summed E-state index contributed by atoms with van der Waals surface area (Å²) >= 11 is 3.32. The zero-order chi connectivity index (χ0) is 12.8. The predicted molar refractivity (Wildman–Crippen MR) is 73.8 cm³/mol. The van der Waals surface area contributed by atoms with E-state index in [-0.39, 0.29) is 10.6 Å². The Bertz CT molecular complexity index is 504. The lowest BCUT2D eigenvalue weighted by Crippen LogP contribution is -1.94. The molecule has 0 radical (unpaired) electrons. The van der Waals surface area contributed by atoms with E-state index in [2.05, 4.69) is 22.5 Å². The summed E-state index contributed by atoms with van der Waals surface area (Å²) in [6, 6.07) is 4.87. The number of rotatable bonds is 4. The molecule has 0 unspecified atom stereocenters. The third kappa shape index (κ3) is 3.39. The second-order valence-electron chi connectivity index (χ2n) is 3.28. The number of benzene rings is 1. The summed E-state index contributed by atoms with van der Waals surface area (Å²) in [6.45, 7) is 5.48. The zero-order valence-corrected chi connectivity index (χ0v) is 11.0. The van der Waals surface area contributed by atoms with Crippen LogP contribution in [0.25, 0.3) is 5.57 Å². The second kappa shape index (κ2) is 6.15. The van der Waals surface area contributed by atoms with Gasteiger partial charge in [-0.05, 0) is 24.6 Å². The third-order valence-electron chi connectivity index (χ3n) is 2.11. The van der Waals surface area contributed by atoms with Gasteiger partial charge in [-0.2, -0.15) is 0 Å². The maximum Gasteiger partial charge on any atom is 0.277 e. The first-order chi connectivity index (χ1) is 8.10. The summed E-state index contributed by atoms with van der Waals surface area (Å²) in [5.41, 5.74) is 1.41. The van der Waals surface area contributed by atoms with Gasteiger partial charge in [0.05, 0.1) is 10.5 Å². The molecule has 0 spiro atoms. The van der Waals surface area contributed by atoms with Gasteiger partial charge in [0.25, 0.3) is 5.69 Å². The van der Waals surface area contributed by atoms with Crippen LogP contribution in [0.15, 0.2) is 53.6 Å². The first kappa shape index (κ1) is 13.4. The van der Waals surface area contributed by atoms with E-state index in [1.807, 2.05) is 19.1 Å². The summed E-state index contributed by atoms with van der Waals surface area (Å²) in [7, 11) is 0. The molecule has 0 aliphatic heterocycles. The fourth-order valence-corrected chi connectivity index (χ4v) is 1.80. The van der Waals surface area contributed by atoms with Gasteiger partial charge in [-0.25, -0.2) is 0 Å². The Hall–Kier alpha value is -1.68. The van der Waals surface area contributed by atoms with Crippen molar-refractivity contribution in [2.24, 2.45) is 0 Å². The number of nitrogens with zero attached hydrogens (tertiary/aromatic N) is 1. The van der Waals surface area contributed by atoms with Gasteiger partial charge in [0, 0.05) is 10.5 Å². The van der Waals surface area contributed by atoms with E-state index in [1.54, 1.807) is 24.3 Å². The van der Waals surface area contributed by atoms with Crippen LogP contribution in [0.5, 0.6) is 0 Å². The summed E-state index contributed by atoms with van der Waals surface area (Å²) in [6.07, 6.45) is 7.01. The number of nitro groups is 1. The molecule has 0 amide bonds. The van der Waals surface area contributed by atoms with Gasteiger partial charge in [0.1, 0.15) is 0 Å².